The Morgan fingerprint density at radius 1 is 0.739 bits per heavy atom. The first-order chi connectivity index (χ1) is 10.2. The van der Waals surface area contributed by atoms with Gasteiger partial charge in [-0.2, -0.15) is 25.3 Å². The molecule has 10 nitrogen and oxygen atoms in total. The first-order valence-electron chi connectivity index (χ1n) is 5.51. The summed E-state index contributed by atoms with van der Waals surface area (Å²) in [5.41, 5.74) is 4.94. The van der Waals surface area contributed by atoms with Crippen LogP contribution in [0, 0.1) is 0 Å². The van der Waals surface area contributed by atoms with Crippen LogP contribution < -0.4 is 5.73 Å². The molecular formula is C10H9NO9S3. The molecule has 126 valence electrons. The Hall–Kier alpha value is -1.77. The van der Waals surface area contributed by atoms with Crippen molar-refractivity contribution in [3.05, 3.63) is 24.3 Å². The van der Waals surface area contributed by atoms with E-state index in [1.807, 2.05) is 0 Å². The van der Waals surface area contributed by atoms with E-state index >= 15 is 0 Å². The maximum absolute atomic E-state index is 11.4. The second kappa shape index (κ2) is 5.12. The summed E-state index contributed by atoms with van der Waals surface area (Å²) in [5.74, 6) is 0. The molecule has 23 heavy (non-hydrogen) atoms. The summed E-state index contributed by atoms with van der Waals surface area (Å²) in [6.45, 7) is 0. The summed E-state index contributed by atoms with van der Waals surface area (Å²) >= 11 is 0. The van der Waals surface area contributed by atoms with Gasteiger partial charge in [-0.15, -0.1) is 0 Å². The number of benzene rings is 2. The van der Waals surface area contributed by atoms with Gasteiger partial charge in [0.05, 0.1) is 10.6 Å². The Morgan fingerprint density at radius 2 is 1.30 bits per heavy atom. The quantitative estimate of drug-likeness (QED) is 0.419. The van der Waals surface area contributed by atoms with E-state index in [4.69, 9.17) is 10.3 Å². The minimum Gasteiger partial charge on any atom is -0.398 e. The van der Waals surface area contributed by atoms with Crippen LogP contribution in [0.25, 0.3) is 10.8 Å². The Balaban J connectivity index is 3.23. The van der Waals surface area contributed by atoms with Crippen molar-refractivity contribution < 1.29 is 38.9 Å². The normalized spacial score (nSPS) is 13.3. The van der Waals surface area contributed by atoms with E-state index in [1.54, 1.807) is 0 Å². The average Bonchev–Trinajstić information content (AvgIpc) is 2.32. The van der Waals surface area contributed by atoms with Gasteiger partial charge in [-0.25, -0.2) is 0 Å². The molecule has 0 unspecified atom stereocenters. The van der Waals surface area contributed by atoms with Gasteiger partial charge in [-0.05, 0) is 18.2 Å². The largest absolute Gasteiger partial charge is 0.398 e. The van der Waals surface area contributed by atoms with E-state index in [-0.39, 0.29) is 0 Å². The van der Waals surface area contributed by atoms with Gasteiger partial charge in [0.25, 0.3) is 30.4 Å². The zero-order chi connectivity index (χ0) is 17.8. The van der Waals surface area contributed by atoms with E-state index in [2.05, 4.69) is 0 Å². The smallest absolute Gasteiger partial charge is 0.297 e. The fourth-order valence-electron chi connectivity index (χ4n) is 2.02. The minimum atomic E-state index is -4.98. The third kappa shape index (κ3) is 3.29. The lowest BCUT2D eigenvalue weighted by atomic mass is 10.1. The van der Waals surface area contributed by atoms with Crippen LogP contribution in [0.15, 0.2) is 39.0 Å². The van der Waals surface area contributed by atoms with Crippen molar-refractivity contribution in [1.29, 1.82) is 0 Å². The van der Waals surface area contributed by atoms with Gasteiger partial charge in [0.1, 0.15) is 9.79 Å². The molecule has 0 saturated heterocycles. The molecule has 2 rings (SSSR count). The number of rotatable bonds is 3. The van der Waals surface area contributed by atoms with E-state index in [0.717, 1.165) is 12.1 Å². The van der Waals surface area contributed by atoms with Crippen LogP contribution in [0.1, 0.15) is 0 Å². The molecule has 0 aliphatic rings. The molecule has 0 amide bonds. The summed E-state index contributed by atoms with van der Waals surface area (Å²) in [6.07, 6.45) is 0. The van der Waals surface area contributed by atoms with Crippen LogP contribution in [0.5, 0.6) is 0 Å². The molecule has 2 aromatic rings. The number of hydrogen-bond acceptors (Lipinski definition) is 7. The Kier molecular flexibility index (Phi) is 3.91. The third-order valence-electron chi connectivity index (χ3n) is 2.89. The topological polar surface area (TPSA) is 189 Å². The van der Waals surface area contributed by atoms with Crippen molar-refractivity contribution in [3.63, 3.8) is 0 Å². The number of nitrogen functional groups attached to an aromatic ring is 1. The standard InChI is InChI=1S/C10H9NO9S3/c11-8-2-1-6-7(10(8)23(18,19)20)3-5(21(12,13)14)4-9(6)22(15,16)17/h1-4H,11H2,(H,12,13,14)(H,15,16,17)(H,18,19,20). The molecule has 0 aliphatic carbocycles. The zero-order valence-electron chi connectivity index (χ0n) is 10.9. The highest BCUT2D eigenvalue weighted by atomic mass is 32.2. The lowest BCUT2D eigenvalue weighted by Crippen LogP contribution is -2.08. The molecule has 0 bridgehead atoms. The van der Waals surface area contributed by atoms with Crippen LogP contribution >= 0.6 is 0 Å². The zero-order valence-corrected chi connectivity index (χ0v) is 13.4. The summed E-state index contributed by atoms with van der Waals surface area (Å²) < 4.78 is 95.6. The SMILES string of the molecule is Nc1ccc2c(S(=O)(=O)O)cc(S(=O)(=O)O)cc2c1S(=O)(=O)O. The van der Waals surface area contributed by atoms with E-state index in [1.165, 1.54) is 0 Å². The summed E-state index contributed by atoms with van der Waals surface area (Å²) in [7, 11) is -14.9. The van der Waals surface area contributed by atoms with Gasteiger partial charge in [-0.1, -0.05) is 6.07 Å². The first-order valence-corrected chi connectivity index (χ1v) is 9.83. The molecule has 13 heteroatoms. The van der Waals surface area contributed by atoms with Crippen molar-refractivity contribution >= 4 is 46.8 Å². The maximum atomic E-state index is 11.4. The lowest BCUT2D eigenvalue weighted by Gasteiger charge is -2.11. The fraction of sp³-hybridized carbons (Fsp3) is 0. The first kappa shape index (κ1) is 17.6. The predicted octanol–water partition coefficient (Wildman–Crippen LogP) is 0.162. The highest BCUT2D eigenvalue weighted by molar-refractivity contribution is 7.87. The number of anilines is 1. The summed E-state index contributed by atoms with van der Waals surface area (Å²) in [4.78, 5) is -2.94. The second-order valence-corrected chi connectivity index (χ2v) is 8.60. The van der Waals surface area contributed by atoms with Crippen molar-refractivity contribution in [2.24, 2.45) is 0 Å². The van der Waals surface area contributed by atoms with Gasteiger partial charge < -0.3 is 5.73 Å². The number of fused-ring (bicyclic) bond motifs is 1. The van der Waals surface area contributed by atoms with Crippen LogP contribution in [0.3, 0.4) is 0 Å². The highest BCUT2D eigenvalue weighted by Crippen LogP contribution is 2.34. The Morgan fingerprint density at radius 3 is 1.74 bits per heavy atom. The summed E-state index contributed by atoms with van der Waals surface area (Å²) in [5, 5.41) is -1.02. The van der Waals surface area contributed by atoms with Crippen molar-refractivity contribution in [2.75, 3.05) is 5.73 Å². The highest BCUT2D eigenvalue weighted by Gasteiger charge is 2.25. The van der Waals surface area contributed by atoms with Crippen molar-refractivity contribution in [2.45, 2.75) is 14.7 Å². The monoisotopic (exact) mass is 383 g/mol. The van der Waals surface area contributed by atoms with E-state index in [9.17, 15) is 34.4 Å². The minimum absolute atomic E-state index is 0.415. The maximum Gasteiger partial charge on any atom is 0.297 e. The molecule has 0 saturated carbocycles. The Bertz CT molecular complexity index is 1130. The number of nitrogens with two attached hydrogens (primary N) is 1. The van der Waals surface area contributed by atoms with Crippen LogP contribution in [-0.4, -0.2) is 38.9 Å². The second-order valence-electron chi connectivity index (χ2n) is 4.43. The van der Waals surface area contributed by atoms with Crippen LogP contribution in [0.4, 0.5) is 5.69 Å². The molecule has 0 aromatic heterocycles. The predicted molar refractivity (Wildman–Crippen MR) is 77.8 cm³/mol. The molecule has 0 spiro atoms. The molecule has 2 aromatic carbocycles. The van der Waals surface area contributed by atoms with Crippen LogP contribution in [0.2, 0.25) is 0 Å². The van der Waals surface area contributed by atoms with Crippen molar-refractivity contribution in [1.82, 2.24) is 0 Å². The molecule has 0 atom stereocenters. The average molecular weight is 383 g/mol. The fourth-order valence-corrected chi connectivity index (χ4v) is 4.17. The van der Waals surface area contributed by atoms with Gasteiger partial charge in [0, 0.05) is 10.8 Å². The summed E-state index contributed by atoms with van der Waals surface area (Å²) in [6, 6.07) is 3.01. The van der Waals surface area contributed by atoms with E-state index in [0.29, 0.717) is 12.1 Å². The lowest BCUT2D eigenvalue weighted by molar-refractivity contribution is 0.478. The third-order valence-corrected chi connectivity index (χ3v) is 5.58. The van der Waals surface area contributed by atoms with Gasteiger partial charge in [0.2, 0.25) is 0 Å². The van der Waals surface area contributed by atoms with Crippen LogP contribution in [-0.2, 0) is 30.4 Å². The van der Waals surface area contributed by atoms with E-state index < -0.39 is 61.5 Å². The molecule has 0 aliphatic heterocycles. The van der Waals surface area contributed by atoms with Gasteiger partial charge >= 0.3 is 0 Å². The Labute approximate surface area is 130 Å². The van der Waals surface area contributed by atoms with Gasteiger partial charge in [0.15, 0.2) is 0 Å². The van der Waals surface area contributed by atoms with Gasteiger partial charge in [-0.3, -0.25) is 13.7 Å². The molecule has 0 radical (unpaired) electrons. The van der Waals surface area contributed by atoms with Crippen molar-refractivity contribution in [3.8, 4) is 0 Å². The molecule has 0 heterocycles. The molecule has 5 N–H and O–H groups in total. The number of hydrogen-bond donors (Lipinski definition) is 4. The molecule has 0 fully saturated rings. The molecular weight excluding hydrogens is 374 g/mol.